The average molecular weight is 784 g/mol. The third-order valence-electron chi connectivity index (χ3n) is 13.0. The van der Waals surface area contributed by atoms with E-state index in [0.29, 0.717) is 55.4 Å². The Balaban J connectivity index is 1.20. The van der Waals surface area contributed by atoms with Crippen LogP contribution in [0.5, 0.6) is 5.75 Å². The number of ketones is 1. The molecule has 1 amide bonds. The molecule has 59 heavy (non-hydrogen) atoms. The Morgan fingerprint density at radius 1 is 0.763 bits per heavy atom. The molecule has 0 aromatic heterocycles. The Morgan fingerprint density at radius 3 is 2.27 bits per heavy atom. The second-order valence-electron chi connectivity index (χ2n) is 16.9. The number of hydrogen-bond donors (Lipinski definition) is 2. The van der Waals surface area contributed by atoms with Crippen LogP contribution in [0.15, 0.2) is 157 Å². The molecule has 6 heteroatoms. The van der Waals surface area contributed by atoms with Crippen molar-refractivity contribution in [3.05, 3.63) is 185 Å². The smallest absolute Gasteiger partial charge is 0.410 e. The largest absolute Gasteiger partial charge is 0.415 e. The Bertz CT molecular complexity index is 2480. The summed E-state index contributed by atoms with van der Waals surface area (Å²) in [4.78, 5) is 31.1. The van der Waals surface area contributed by atoms with Crippen molar-refractivity contribution in [2.24, 2.45) is 5.41 Å². The Labute approximate surface area is 347 Å². The summed E-state index contributed by atoms with van der Waals surface area (Å²) in [5.41, 5.74) is 4.87. The number of hydrogen-bond acceptors (Lipinski definition) is 5. The first-order chi connectivity index (χ1) is 28.6. The molecule has 0 spiro atoms. The standard InChI is InChI=1S/C53H53NO5/c1-37-14-13-30-52(2)49(46-28-24-39(32-43(55)26-23-37)33-48(46)50(56)47-22-12-11-21-45(47)41-18-7-4-8-19-41)29-31-53(52,58)36-54(35-38-15-5-3-6-16-38)51(57)59-44-27-25-40-17-9-10-20-42(40)34-44/h3-12,14-22,24-25,27-28,33-34,43,49,55,58H,13,23,26,29-32,35-36H2,1-2H3. The molecule has 6 nitrogen and oxygen atoms in total. The Hall–Kier alpha value is -5.82. The van der Waals surface area contributed by atoms with E-state index < -0.39 is 23.2 Å². The highest BCUT2D eigenvalue weighted by Gasteiger charge is 2.58. The average Bonchev–Trinajstić information content (AvgIpc) is 3.51. The van der Waals surface area contributed by atoms with Crippen molar-refractivity contribution < 1.29 is 24.5 Å². The van der Waals surface area contributed by atoms with E-state index in [2.05, 4.69) is 26.0 Å². The molecule has 0 aliphatic heterocycles. The van der Waals surface area contributed by atoms with Gasteiger partial charge < -0.3 is 19.8 Å². The molecule has 6 aromatic rings. The second-order valence-corrected chi connectivity index (χ2v) is 16.9. The molecule has 6 aromatic carbocycles. The lowest BCUT2D eigenvalue weighted by Gasteiger charge is -2.46. The van der Waals surface area contributed by atoms with Crippen LogP contribution in [0.4, 0.5) is 4.79 Å². The van der Waals surface area contributed by atoms with E-state index >= 15 is 4.79 Å². The SMILES string of the molecule is CC1=CCCC2(C)C(CCC2(O)CN(Cc2ccccc2)C(=O)Oc2ccc3ccccc3c2)c2ccc(cc2C(=O)c2ccccc2-c2ccccc2)CC(O)CC1. The zero-order valence-corrected chi connectivity index (χ0v) is 34.0. The van der Waals surface area contributed by atoms with Crippen LogP contribution in [0.2, 0.25) is 0 Å². The highest BCUT2D eigenvalue weighted by atomic mass is 16.6. The number of fused-ring (bicyclic) bond motifs is 9. The number of amides is 1. The van der Waals surface area contributed by atoms with Crippen molar-refractivity contribution in [3.63, 3.8) is 0 Å². The molecule has 9 rings (SSSR count). The molecule has 3 aliphatic rings. The van der Waals surface area contributed by atoms with Gasteiger partial charge in [-0.3, -0.25) is 4.79 Å². The van der Waals surface area contributed by atoms with E-state index in [9.17, 15) is 15.0 Å². The van der Waals surface area contributed by atoms with Gasteiger partial charge in [0, 0.05) is 23.1 Å². The van der Waals surface area contributed by atoms with E-state index in [-0.39, 0.29) is 24.8 Å². The minimum absolute atomic E-state index is 0.0500. The van der Waals surface area contributed by atoms with Crippen LogP contribution in [0.25, 0.3) is 21.9 Å². The van der Waals surface area contributed by atoms with Gasteiger partial charge in [0.2, 0.25) is 0 Å². The van der Waals surface area contributed by atoms with Gasteiger partial charge in [0.15, 0.2) is 5.78 Å². The molecule has 0 saturated heterocycles. The van der Waals surface area contributed by atoms with Gasteiger partial charge >= 0.3 is 6.09 Å². The molecular formula is C53H53NO5. The summed E-state index contributed by atoms with van der Waals surface area (Å²) < 4.78 is 6.11. The van der Waals surface area contributed by atoms with E-state index in [1.807, 2.05) is 140 Å². The molecule has 300 valence electrons. The Kier molecular flexibility index (Phi) is 11.6. The minimum Gasteiger partial charge on any atom is -0.410 e. The molecule has 0 heterocycles. The lowest BCUT2D eigenvalue weighted by molar-refractivity contribution is -0.0802. The van der Waals surface area contributed by atoms with E-state index in [1.54, 1.807) is 4.90 Å². The van der Waals surface area contributed by atoms with E-state index in [4.69, 9.17) is 4.74 Å². The highest BCUT2D eigenvalue weighted by molar-refractivity contribution is 6.14. The normalized spacial score (nSPS) is 21.9. The number of benzene rings is 6. The summed E-state index contributed by atoms with van der Waals surface area (Å²) in [5.74, 6) is 0.152. The third-order valence-corrected chi connectivity index (χ3v) is 13.0. The molecule has 3 aliphatic carbocycles. The van der Waals surface area contributed by atoms with Crippen LogP contribution in [0.1, 0.15) is 90.9 Å². The number of aliphatic hydroxyl groups is 2. The van der Waals surface area contributed by atoms with Crippen LogP contribution in [0.3, 0.4) is 0 Å². The number of aliphatic hydroxyl groups excluding tert-OH is 1. The zero-order chi connectivity index (χ0) is 41.0. The van der Waals surface area contributed by atoms with E-state index in [1.165, 1.54) is 5.57 Å². The molecule has 4 unspecified atom stereocenters. The van der Waals surface area contributed by atoms with Gasteiger partial charge in [-0.1, -0.05) is 146 Å². The van der Waals surface area contributed by atoms with Gasteiger partial charge in [-0.25, -0.2) is 4.79 Å². The van der Waals surface area contributed by atoms with E-state index in [0.717, 1.165) is 45.0 Å². The van der Waals surface area contributed by atoms with Crippen molar-refractivity contribution in [2.75, 3.05) is 6.54 Å². The van der Waals surface area contributed by atoms with Crippen LogP contribution >= 0.6 is 0 Å². The first kappa shape index (κ1) is 40.0. The van der Waals surface area contributed by atoms with Crippen molar-refractivity contribution in [2.45, 2.75) is 83.0 Å². The summed E-state index contributed by atoms with van der Waals surface area (Å²) in [6.07, 6.45) is 5.35. The number of nitrogens with zero attached hydrogens (tertiary/aromatic N) is 1. The predicted molar refractivity (Wildman–Crippen MR) is 236 cm³/mol. The quantitative estimate of drug-likeness (QED) is 0.119. The molecule has 0 radical (unpaired) electrons. The van der Waals surface area contributed by atoms with Gasteiger partial charge in [-0.2, -0.15) is 0 Å². The first-order valence-corrected chi connectivity index (χ1v) is 21.0. The molecule has 1 saturated carbocycles. The number of ether oxygens (including phenoxy) is 1. The maximum absolute atomic E-state index is 15.1. The molecule has 4 atom stereocenters. The van der Waals surface area contributed by atoms with Gasteiger partial charge in [0.1, 0.15) is 5.75 Å². The van der Waals surface area contributed by atoms with Crippen molar-refractivity contribution in [3.8, 4) is 16.9 Å². The van der Waals surface area contributed by atoms with Crippen LogP contribution in [0, 0.1) is 5.41 Å². The molecule has 1 fully saturated rings. The zero-order valence-electron chi connectivity index (χ0n) is 34.0. The lowest BCUT2D eigenvalue weighted by atomic mass is 9.64. The number of allylic oxidation sites excluding steroid dienone is 2. The maximum Gasteiger partial charge on any atom is 0.415 e. The first-order valence-electron chi connectivity index (χ1n) is 21.0. The lowest BCUT2D eigenvalue weighted by Crippen LogP contribution is -2.54. The Morgan fingerprint density at radius 2 is 1.47 bits per heavy atom. The van der Waals surface area contributed by atoms with Crippen molar-refractivity contribution in [1.29, 1.82) is 0 Å². The minimum atomic E-state index is -1.33. The summed E-state index contributed by atoms with van der Waals surface area (Å²) in [6.45, 7) is 4.57. The van der Waals surface area contributed by atoms with Crippen LogP contribution < -0.4 is 4.74 Å². The fourth-order valence-electron chi connectivity index (χ4n) is 9.59. The summed E-state index contributed by atoms with van der Waals surface area (Å²) in [6, 6.07) is 47.2. The number of rotatable bonds is 8. The molecule has 2 N–H and O–H groups in total. The van der Waals surface area contributed by atoms with Gasteiger partial charge in [0.05, 0.1) is 18.2 Å². The monoisotopic (exact) mass is 783 g/mol. The second kappa shape index (κ2) is 17.2. The van der Waals surface area contributed by atoms with Crippen molar-refractivity contribution >= 4 is 22.6 Å². The summed E-state index contributed by atoms with van der Waals surface area (Å²) >= 11 is 0. The van der Waals surface area contributed by atoms with Crippen molar-refractivity contribution in [1.82, 2.24) is 4.90 Å². The van der Waals surface area contributed by atoms with Gasteiger partial charge in [-0.05, 0) is 115 Å². The predicted octanol–water partition coefficient (Wildman–Crippen LogP) is 11.5. The number of carbonyl (C=O) groups is 2. The van der Waals surface area contributed by atoms with Crippen LogP contribution in [-0.2, 0) is 13.0 Å². The topological polar surface area (TPSA) is 87.1 Å². The fourth-order valence-corrected chi connectivity index (χ4v) is 9.59. The highest BCUT2D eigenvalue weighted by Crippen LogP contribution is 2.59. The maximum atomic E-state index is 15.1. The summed E-state index contributed by atoms with van der Waals surface area (Å²) in [5, 5.41) is 26.4. The summed E-state index contributed by atoms with van der Waals surface area (Å²) in [7, 11) is 0. The van der Waals surface area contributed by atoms with Gasteiger partial charge in [0.25, 0.3) is 0 Å². The molecule has 2 bridgehead atoms. The third kappa shape index (κ3) is 8.52. The molecular weight excluding hydrogens is 731 g/mol. The number of carbonyl (C=O) groups excluding carboxylic acids is 2. The fraction of sp³-hybridized carbons (Fsp3) is 0.283. The van der Waals surface area contributed by atoms with Crippen LogP contribution in [-0.4, -0.2) is 45.2 Å². The van der Waals surface area contributed by atoms with Gasteiger partial charge in [-0.15, -0.1) is 0 Å².